The number of pyridine rings is 1. The fourth-order valence-electron chi connectivity index (χ4n) is 3.12. The summed E-state index contributed by atoms with van der Waals surface area (Å²) in [7, 11) is 0. The normalized spacial score (nSPS) is 12.1. The Balaban J connectivity index is 1.71. The molecular weight excluding hydrogens is 394 g/mol. The van der Waals surface area contributed by atoms with Crippen LogP contribution in [0, 0.1) is 5.92 Å². The van der Waals surface area contributed by atoms with E-state index in [0.29, 0.717) is 18.2 Å². The lowest BCUT2D eigenvalue weighted by molar-refractivity contribution is -0.119. The summed E-state index contributed by atoms with van der Waals surface area (Å²) in [5, 5.41) is 12.6. The Morgan fingerprint density at radius 3 is 2.47 bits per heavy atom. The first-order chi connectivity index (χ1) is 14.5. The zero-order valence-electron chi connectivity index (χ0n) is 17.8. The number of carbonyl (C=O) groups excluding carboxylic acids is 1. The van der Waals surface area contributed by atoms with E-state index in [0.717, 1.165) is 34.9 Å². The summed E-state index contributed by atoms with van der Waals surface area (Å²) in [6.45, 7) is 7.10. The minimum Gasteiger partial charge on any atom is -0.353 e. The molecule has 1 N–H and O–H groups in total. The van der Waals surface area contributed by atoms with Gasteiger partial charge < -0.3 is 5.32 Å². The van der Waals surface area contributed by atoms with Crippen LogP contribution in [0.15, 0.2) is 60.0 Å². The van der Waals surface area contributed by atoms with Gasteiger partial charge in [0, 0.05) is 24.0 Å². The molecule has 158 valence electrons. The summed E-state index contributed by atoms with van der Waals surface area (Å²) in [6.07, 6.45) is 5.59. The quantitative estimate of drug-likeness (QED) is 0.489. The van der Waals surface area contributed by atoms with Gasteiger partial charge in [-0.25, -0.2) is 0 Å². The van der Waals surface area contributed by atoms with Gasteiger partial charge in [-0.3, -0.25) is 14.3 Å². The van der Waals surface area contributed by atoms with Gasteiger partial charge in [-0.05, 0) is 43.4 Å². The van der Waals surface area contributed by atoms with Gasteiger partial charge in [-0.15, -0.1) is 10.2 Å². The second kappa shape index (κ2) is 10.9. The first-order valence-electron chi connectivity index (χ1n) is 10.3. The van der Waals surface area contributed by atoms with Crippen LogP contribution in [-0.2, 0) is 11.3 Å². The molecule has 6 nitrogen and oxygen atoms in total. The number of amides is 1. The Bertz CT molecular complexity index is 927. The Kier molecular flexibility index (Phi) is 8.02. The maximum Gasteiger partial charge on any atom is 0.230 e. The van der Waals surface area contributed by atoms with E-state index in [-0.39, 0.29) is 11.9 Å². The summed E-state index contributed by atoms with van der Waals surface area (Å²) < 4.78 is 2.06. The second-order valence-corrected chi connectivity index (χ2v) is 8.78. The average molecular weight is 424 g/mol. The SMILES string of the molecule is CC(C)CC[C@H](C)NC(=O)CSc1nnc(-c2ccncc2)n1Cc1ccccc1. The highest BCUT2D eigenvalue weighted by Crippen LogP contribution is 2.25. The van der Waals surface area contributed by atoms with Crippen molar-refractivity contribution in [1.82, 2.24) is 25.1 Å². The van der Waals surface area contributed by atoms with E-state index >= 15 is 0 Å². The van der Waals surface area contributed by atoms with Crippen molar-refractivity contribution in [3.63, 3.8) is 0 Å². The van der Waals surface area contributed by atoms with Gasteiger partial charge in [0.25, 0.3) is 0 Å². The molecule has 0 fully saturated rings. The van der Waals surface area contributed by atoms with Crippen molar-refractivity contribution in [3.8, 4) is 11.4 Å². The molecule has 1 atom stereocenters. The number of aromatic nitrogens is 4. The lowest BCUT2D eigenvalue weighted by Gasteiger charge is -2.15. The van der Waals surface area contributed by atoms with E-state index < -0.39 is 0 Å². The van der Waals surface area contributed by atoms with Crippen LogP contribution in [-0.4, -0.2) is 37.5 Å². The van der Waals surface area contributed by atoms with E-state index in [1.807, 2.05) is 30.3 Å². The summed E-state index contributed by atoms with van der Waals surface area (Å²) in [5.74, 6) is 1.75. The maximum absolute atomic E-state index is 12.4. The Morgan fingerprint density at radius 1 is 1.03 bits per heavy atom. The van der Waals surface area contributed by atoms with Gasteiger partial charge in [0.15, 0.2) is 11.0 Å². The van der Waals surface area contributed by atoms with Crippen molar-refractivity contribution >= 4 is 17.7 Å². The second-order valence-electron chi connectivity index (χ2n) is 7.84. The number of nitrogens with zero attached hydrogens (tertiary/aromatic N) is 4. The predicted octanol–water partition coefficient (Wildman–Crippen LogP) is 4.42. The summed E-state index contributed by atoms with van der Waals surface area (Å²) in [5.41, 5.74) is 2.10. The smallest absolute Gasteiger partial charge is 0.230 e. The van der Waals surface area contributed by atoms with Crippen LogP contribution in [0.4, 0.5) is 0 Å². The molecular formula is C23H29N5OS. The topological polar surface area (TPSA) is 72.7 Å². The van der Waals surface area contributed by atoms with Crippen molar-refractivity contribution in [2.24, 2.45) is 5.92 Å². The van der Waals surface area contributed by atoms with Gasteiger partial charge >= 0.3 is 0 Å². The highest BCUT2D eigenvalue weighted by molar-refractivity contribution is 7.99. The number of benzene rings is 1. The molecule has 2 heterocycles. The third-order valence-corrected chi connectivity index (χ3v) is 5.72. The first kappa shape index (κ1) is 22.0. The molecule has 3 rings (SSSR count). The van der Waals surface area contributed by atoms with Crippen molar-refractivity contribution in [2.75, 3.05) is 5.75 Å². The van der Waals surface area contributed by atoms with Crippen LogP contribution in [0.25, 0.3) is 11.4 Å². The van der Waals surface area contributed by atoms with Crippen molar-refractivity contribution in [2.45, 2.75) is 51.4 Å². The number of hydrogen-bond acceptors (Lipinski definition) is 5. The van der Waals surface area contributed by atoms with Crippen LogP contribution in [0.3, 0.4) is 0 Å². The highest BCUT2D eigenvalue weighted by atomic mass is 32.2. The minimum absolute atomic E-state index is 0.0241. The Hall–Kier alpha value is -2.67. The Labute approximate surface area is 182 Å². The molecule has 7 heteroatoms. The molecule has 3 aromatic rings. The van der Waals surface area contributed by atoms with Gasteiger partial charge in [-0.2, -0.15) is 0 Å². The van der Waals surface area contributed by atoms with Crippen LogP contribution >= 0.6 is 11.8 Å². The van der Waals surface area contributed by atoms with Gasteiger partial charge in [-0.1, -0.05) is 55.9 Å². The molecule has 1 aromatic carbocycles. The number of nitrogens with one attached hydrogen (secondary N) is 1. The zero-order chi connectivity index (χ0) is 21.3. The number of thioether (sulfide) groups is 1. The zero-order valence-corrected chi connectivity index (χ0v) is 18.6. The van der Waals surface area contributed by atoms with Gasteiger partial charge in [0.1, 0.15) is 0 Å². The van der Waals surface area contributed by atoms with Gasteiger partial charge in [0.2, 0.25) is 5.91 Å². The minimum atomic E-state index is 0.0241. The van der Waals surface area contributed by atoms with Crippen molar-refractivity contribution < 1.29 is 4.79 Å². The largest absolute Gasteiger partial charge is 0.353 e. The predicted molar refractivity (Wildman–Crippen MR) is 121 cm³/mol. The number of carbonyl (C=O) groups is 1. The van der Waals surface area contributed by atoms with E-state index in [1.165, 1.54) is 11.8 Å². The summed E-state index contributed by atoms with van der Waals surface area (Å²) in [4.78, 5) is 16.5. The van der Waals surface area contributed by atoms with E-state index in [9.17, 15) is 4.79 Å². The fraction of sp³-hybridized carbons (Fsp3) is 0.391. The molecule has 0 unspecified atom stereocenters. The van der Waals surface area contributed by atoms with E-state index in [4.69, 9.17) is 0 Å². The molecule has 0 spiro atoms. The van der Waals surface area contributed by atoms with E-state index in [1.54, 1.807) is 12.4 Å². The number of rotatable bonds is 10. The molecule has 0 aliphatic heterocycles. The molecule has 1 amide bonds. The summed E-state index contributed by atoms with van der Waals surface area (Å²) >= 11 is 1.42. The molecule has 0 saturated heterocycles. The molecule has 2 aromatic heterocycles. The third kappa shape index (κ3) is 6.42. The maximum atomic E-state index is 12.4. The molecule has 0 saturated carbocycles. The molecule has 0 aliphatic rings. The van der Waals surface area contributed by atoms with Gasteiger partial charge in [0.05, 0.1) is 12.3 Å². The lowest BCUT2D eigenvalue weighted by atomic mass is 10.0. The van der Waals surface area contributed by atoms with Crippen LogP contribution in [0.1, 0.15) is 39.2 Å². The van der Waals surface area contributed by atoms with Crippen LogP contribution < -0.4 is 5.32 Å². The van der Waals surface area contributed by atoms with Crippen LogP contribution in [0.5, 0.6) is 0 Å². The number of hydrogen-bond donors (Lipinski definition) is 1. The van der Waals surface area contributed by atoms with Crippen molar-refractivity contribution in [3.05, 3.63) is 60.4 Å². The average Bonchev–Trinajstić information content (AvgIpc) is 3.14. The van der Waals surface area contributed by atoms with Crippen molar-refractivity contribution in [1.29, 1.82) is 0 Å². The molecule has 0 bridgehead atoms. The Morgan fingerprint density at radius 2 is 1.77 bits per heavy atom. The first-order valence-corrected chi connectivity index (χ1v) is 11.3. The lowest BCUT2D eigenvalue weighted by Crippen LogP contribution is -2.34. The van der Waals surface area contributed by atoms with E-state index in [2.05, 4.69) is 58.0 Å². The van der Waals surface area contributed by atoms with Crippen LogP contribution in [0.2, 0.25) is 0 Å². The standard InChI is InChI=1S/C23H29N5OS/c1-17(2)9-10-18(3)25-21(29)16-30-23-27-26-22(20-11-13-24-14-12-20)28(23)15-19-7-5-4-6-8-19/h4-8,11-14,17-18H,9-10,15-16H2,1-3H3,(H,25,29)/t18-/m0/s1. The molecule has 30 heavy (non-hydrogen) atoms. The molecule has 0 aliphatic carbocycles. The highest BCUT2D eigenvalue weighted by Gasteiger charge is 2.17. The monoisotopic (exact) mass is 423 g/mol. The summed E-state index contributed by atoms with van der Waals surface area (Å²) in [6, 6.07) is 14.2. The molecule has 0 radical (unpaired) electrons. The fourth-order valence-corrected chi connectivity index (χ4v) is 3.87. The third-order valence-electron chi connectivity index (χ3n) is 4.76.